The molecule has 0 unspecified atom stereocenters. The van der Waals surface area contributed by atoms with Crippen LogP contribution >= 0.6 is 0 Å². The fourth-order valence-corrected chi connectivity index (χ4v) is 6.73. The molecule has 264 valence electrons. The second kappa shape index (κ2) is 19.1. The number of benzene rings is 2. The Morgan fingerprint density at radius 1 is 0.820 bits per heavy atom. The minimum atomic E-state index is -1.05. The summed E-state index contributed by atoms with van der Waals surface area (Å²) in [6.45, 7) is 4.86. The number of aryl methyl sites for hydroxylation is 2. The van der Waals surface area contributed by atoms with Crippen LogP contribution in [0.4, 0.5) is 0 Å². The van der Waals surface area contributed by atoms with Crippen molar-refractivity contribution >= 4 is 106 Å². The number of guanidine groups is 1. The van der Waals surface area contributed by atoms with Crippen LogP contribution in [0.3, 0.4) is 0 Å². The van der Waals surface area contributed by atoms with Crippen molar-refractivity contribution in [2.75, 3.05) is 19.6 Å². The van der Waals surface area contributed by atoms with Crippen LogP contribution in [0.25, 0.3) is 0 Å². The topological polar surface area (TPSA) is 221 Å². The van der Waals surface area contributed by atoms with Crippen LogP contribution in [0.2, 0.25) is 0 Å². The number of nitrogens with two attached hydrogens (primary N) is 3. The third kappa shape index (κ3) is 11.7. The van der Waals surface area contributed by atoms with Crippen molar-refractivity contribution in [1.29, 1.82) is 5.41 Å². The number of phenols is 1. The summed E-state index contributed by atoms with van der Waals surface area (Å²) < 4.78 is 0. The van der Waals surface area contributed by atoms with E-state index in [0.29, 0.717) is 51.7 Å². The molecular weight excluding hydrogens is 624 g/mol. The molecule has 50 heavy (non-hydrogen) atoms. The third-order valence-corrected chi connectivity index (χ3v) is 10.0. The van der Waals surface area contributed by atoms with Gasteiger partial charge in [0.15, 0.2) is 5.96 Å². The summed E-state index contributed by atoms with van der Waals surface area (Å²) in [7, 11) is 14.9. The highest BCUT2D eigenvalue weighted by atomic mass is 16.3. The zero-order valence-corrected chi connectivity index (χ0v) is 31.7. The predicted octanol–water partition coefficient (Wildman–Crippen LogP) is -10.2. The first kappa shape index (κ1) is 42.5. The van der Waals surface area contributed by atoms with Gasteiger partial charge in [0.1, 0.15) is 72.8 Å². The van der Waals surface area contributed by atoms with Crippen molar-refractivity contribution in [2.45, 2.75) is 75.7 Å². The van der Waals surface area contributed by atoms with E-state index in [0.717, 1.165) is 16.7 Å². The smallest absolute Gasteiger partial charge is 0.243 e. The molecule has 0 aliphatic rings. The van der Waals surface area contributed by atoms with E-state index in [1.54, 1.807) is 12.1 Å². The first-order chi connectivity index (χ1) is 23.3. The van der Waals surface area contributed by atoms with Gasteiger partial charge >= 0.3 is 0 Å². The molecule has 0 radical (unpaired) electrons. The maximum Gasteiger partial charge on any atom is 0.243 e. The molecular formula is C31H55B7N8O4. The molecule has 0 aromatic heterocycles. The number of amides is 3. The summed E-state index contributed by atoms with van der Waals surface area (Å²) in [4.78, 5) is 41.1. The van der Waals surface area contributed by atoms with E-state index in [4.69, 9.17) is 22.6 Å². The summed E-state index contributed by atoms with van der Waals surface area (Å²) in [5.74, 6) is -1.40. The Morgan fingerprint density at radius 2 is 1.36 bits per heavy atom. The Morgan fingerprint density at radius 3 is 1.90 bits per heavy atom. The number of phenolic OH excluding ortho intramolecular Hbond substituents is 1. The number of nitrogens with one attached hydrogen (secondary N) is 5. The molecule has 0 heterocycles. The summed E-state index contributed by atoms with van der Waals surface area (Å²) in [6.07, 6.45) is 2.60. The quantitative estimate of drug-likeness (QED) is 0.0318. The molecule has 0 saturated carbocycles. The molecule has 0 aliphatic heterocycles. The number of unbranched alkanes of at least 4 members (excludes halogenated alkanes) is 1. The standard InChI is InChI=1S/C31H55B7N8O4/c1-14-10-16(47)11-15(2)17(14)12-20(46-27(48)18(40)6-5-9-43-30(41)42)29(50)45-19(7-3-4-8-39)28(49)44-13-31(37,38)21-22(32)24(34)26(36)25(35)23(21)33/h10-11,18-20,47H,3-9,12-13,32-40H2,1-2H3,(H,44,49)(H,45,50)(H,46,48)(H4,41,42,43)/t18-,19+,20+/m1/s1. The number of hydrogen-bond donors (Lipinski definition) is 9. The highest BCUT2D eigenvalue weighted by molar-refractivity contribution is 6.68. The average Bonchev–Trinajstić information content (AvgIpc) is 3.03. The fraction of sp³-hybridized carbons (Fsp3) is 0.484. The first-order valence-corrected chi connectivity index (χ1v) is 17.6. The maximum absolute atomic E-state index is 14.0. The molecule has 12 nitrogen and oxygen atoms in total. The lowest BCUT2D eigenvalue weighted by atomic mass is 9.45. The number of aromatic hydroxyl groups is 1. The minimum Gasteiger partial charge on any atom is -0.508 e. The van der Waals surface area contributed by atoms with Crippen molar-refractivity contribution in [1.82, 2.24) is 21.3 Å². The molecule has 12 N–H and O–H groups in total. The Balaban J connectivity index is 2.34. The van der Waals surface area contributed by atoms with Crippen LogP contribution in [0.1, 0.15) is 54.4 Å². The van der Waals surface area contributed by atoms with Gasteiger partial charge < -0.3 is 43.6 Å². The van der Waals surface area contributed by atoms with Crippen molar-refractivity contribution in [3.8, 4) is 5.75 Å². The minimum absolute atomic E-state index is 0.107. The Bertz CT molecular complexity index is 1510. The van der Waals surface area contributed by atoms with Gasteiger partial charge in [-0.2, -0.15) is 0 Å². The molecule has 3 atom stereocenters. The summed E-state index contributed by atoms with van der Waals surface area (Å²) in [6, 6.07) is 0.404. The molecule has 19 heteroatoms. The molecule has 0 aliphatic carbocycles. The van der Waals surface area contributed by atoms with E-state index in [1.165, 1.54) is 32.9 Å². The highest BCUT2D eigenvalue weighted by Gasteiger charge is 2.31. The molecule has 0 saturated heterocycles. The lowest BCUT2D eigenvalue weighted by Gasteiger charge is -2.34. The largest absolute Gasteiger partial charge is 0.508 e. The molecule has 2 rings (SSSR count). The third-order valence-electron chi connectivity index (χ3n) is 10.0. The van der Waals surface area contributed by atoms with Gasteiger partial charge in [-0.15, -0.1) is 16.4 Å². The van der Waals surface area contributed by atoms with Crippen molar-refractivity contribution in [3.05, 3.63) is 34.4 Å². The second-order valence-electron chi connectivity index (χ2n) is 14.4. The van der Waals surface area contributed by atoms with Gasteiger partial charge in [0.2, 0.25) is 17.7 Å². The fourth-order valence-electron chi connectivity index (χ4n) is 6.73. The molecule has 2 aromatic rings. The second-order valence-corrected chi connectivity index (χ2v) is 14.4. The van der Waals surface area contributed by atoms with Crippen LogP contribution in [-0.4, -0.2) is 121 Å². The summed E-state index contributed by atoms with van der Waals surface area (Å²) in [5, 5.41) is 28.6. The van der Waals surface area contributed by atoms with E-state index in [-0.39, 0.29) is 29.3 Å². The van der Waals surface area contributed by atoms with Crippen LogP contribution in [0.15, 0.2) is 12.1 Å². The van der Waals surface area contributed by atoms with E-state index in [9.17, 15) is 19.5 Å². The average molecular weight is 680 g/mol. The summed E-state index contributed by atoms with van der Waals surface area (Å²) in [5.41, 5.74) is 27.0. The lowest BCUT2D eigenvalue weighted by Crippen LogP contribution is -2.61. The lowest BCUT2D eigenvalue weighted by molar-refractivity contribution is -0.132. The van der Waals surface area contributed by atoms with Crippen molar-refractivity contribution in [2.24, 2.45) is 17.2 Å². The van der Waals surface area contributed by atoms with Gasteiger partial charge in [0.05, 0.1) is 6.04 Å². The number of carbonyl (C=O) groups is 3. The van der Waals surface area contributed by atoms with Crippen molar-refractivity contribution < 1.29 is 19.5 Å². The molecule has 3 amide bonds. The van der Waals surface area contributed by atoms with Crippen LogP contribution in [0, 0.1) is 19.3 Å². The SMILES string of the molecule is Bc1c(B)c(B)c(C(B)(B)CNC(=O)[C@H](CCCCN)NC(=O)[C@H](Cc2c(C)cc(O)cc2C)NC(=O)[C@H](N)CCCNC(=N)N)c(B)c1B. The van der Waals surface area contributed by atoms with E-state index < -0.39 is 29.9 Å². The van der Waals surface area contributed by atoms with E-state index in [1.807, 2.05) is 13.8 Å². The van der Waals surface area contributed by atoms with Gasteiger partial charge in [-0.1, -0.05) is 16.5 Å². The van der Waals surface area contributed by atoms with Crippen molar-refractivity contribution in [3.63, 3.8) is 0 Å². The van der Waals surface area contributed by atoms with Gasteiger partial charge in [-0.25, -0.2) is 0 Å². The van der Waals surface area contributed by atoms with Crippen LogP contribution in [-0.2, 0) is 26.0 Å². The van der Waals surface area contributed by atoms with Crippen LogP contribution in [0.5, 0.6) is 5.75 Å². The number of rotatable bonds is 18. The predicted molar refractivity (Wildman–Crippen MR) is 224 cm³/mol. The maximum atomic E-state index is 14.0. The Labute approximate surface area is 304 Å². The Hall–Kier alpha value is -3.71. The Kier molecular flexibility index (Phi) is 16.2. The van der Waals surface area contributed by atoms with E-state index >= 15 is 0 Å². The zero-order chi connectivity index (χ0) is 37.9. The normalized spacial score (nSPS) is 13.1. The van der Waals surface area contributed by atoms with Crippen LogP contribution < -0.4 is 65.8 Å². The monoisotopic (exact) mass is 680 g/mol. The highest BCUT2D eigenvalue weighted by Crippen LogP contribution is 2.22. The number of hydrogen-bond acceptors (Lipinski definition) is 7. The van der Waals surface area contributed by atoms with E-state index in [2.05, 4.69) is 76.2 Å². The molecule has 0 fully saturated rings. The summed E-state index contributed by atoms with van der Waals surface area (Å²) >= 11 is 0. The molecule has 0 bridgehead atoms. The number of carbonyl (C=O) groups excluding carboxylic acids is 3. The zero-order valence-electron chi connectivity index (χ0n) is 31.7. The van der Waals surface area contributed by atoms with Gasteiger partial charge in [0.25, 0.3) is 0 Å². The molecule has 2 aromatic carbocycles. The van der Waals surface area contributed by atoms with Gasteiger partial charge in [-0.3, -0.25) is 19.8 Å². The molecule has 0 spiro atoms. The first-order valence-electron chi connectivity index (χ1n) is 17.6. The van der Waals surface area contributed by atoms with Gasteiger partial charge in [0, 0.05) is 19.5 Å². The van der Waals surface area contributed by atoms with Gasteiger partial charge in [-0.05, 0) is 86.5 Å².